The second-order valence-electron chi connectivity index (χ2n) is 6.00. The van der Waals surface area contributed by atoms with Crippen molar-refractivity contribution in [3.8, 4) is 0 Å². The highest BCUT2D eigenvalue weighted by Crippen LogP contribution is 2.25. The average molecular weight is 361 g/mol. The van der Waals surface area contributed by atoms with E-state index in [0.29, 0.717) is 18.7 Å². The predicted octanol–water partition coefficient (Wildman–Crippen LogP) is 3.21. The summed E-state index contributed by atoms with van der Waals surface area (Å²) in [7, 11) is 1.61. The van der Waals surface area contributed by atoms with E-state index in [1.54, 1.807) is 33.0 Å². The number of pyridine rings is 1. The fraction of sp³-hybridized carbons (Fsp3) is 0.368. The van der Waals surface area contributed by atoms with Gasteiger partial charge in [0.25, 0.3) is 11.5 Å². The maximum Gasteiger partial charge on any atom is 0.278 e. The number of hydrogen-bond donors (Lipinski definition) is 2. The van der Waals surface area contributed by atoms with Gasteiger partial charge in [0.2, 0.25) is 0 Å². The first kappa shape index (κ1) is 19.7. The number of aromatic nitrogens is 1. The molecular weight excluding hydrogens is 337 g/mol. The van der Waals surface area contributed by atoms with Gasteiger partial charge in [0, 0.05) is 18.8 Å². The van der Waals surface area contributed by atoms with Crippen molar-refractivity contribution < 1.29 is 14.0 Å². The maximum atomic E-state index is 14.2. The van der Waals surface area contributed by atoms with Crippen molar-refractivity contribution in [2.45, 2.75) is 33.6 Å². The summed E-state index contributed by atoms with van der Waals surface area (Å²) in [6.07, 6.45) is 1.26. The number of rotatable bonds is 7. The van der Waals surface area contributed by atoms with Gasteiger partial charge in [-0.15, -0.1) is 0 Å². The second-order valence-corrected chi connectivity index (χ2v) is 6.00. The number of aryl methyl sites for hydroxylation is 1. The summed E-state index contributed by atoms with van der Waals surface area (Å²) in [4.78, 5) is 30.0. The third-order valence-electron chi connectivity index (χ3n) is 3.98. The molecule has 0 atom stereocenters. The second kappa shape index (κ2) is 8.62. The Morgan fingerprint density at radius 2 is 1.96 bits per heavy atom. The maximum absolute atomic E-state index is 14.2. The van der Waals surface area contributed by atoms with E-state index in [0.717, 1.165) is 12.0 Å². The van der Waals surface area contributed by atoms with E-state index in [2.05, 4.69) is 10.8 Å². The SMILES string of the molecule is CCCc1c(C(=O)NOCC)c(Nc2ccc(C)cc2F)cc(=O)n1C. The molecule has 1 heterocycles. The highest BCUT2D eigenvalue weighted by molar-refractivity contribution is 6.00. The summed E-state index contributed by atoms with van der Waals surface area (Å²) in [5.41, 5.74) is 4.12. The molecule has 0 aliphatic heterocycles. The molecule has 2 aromatic rings. The van der Waals surface area contributed by atoms with Gasteiger partial charge >= 0.3 is 0 Å². The average Bonchev–Trinajstić information content (AvgIpc) is 2.59. The molecule has 0 spiro atoms. The van der Waals surface area contributed by atoms with Gasteiger partial charge in [0.1, 0.15) is 5.82 Å². The van der Waals surface area contributed by atoms with Crippen LogP contribution in [0.1, 0.15) is 41.9 Å². The number of carbonyl (C=O) groups is 1. The van der Waals surface area contributed by atoms with Crippen LogP contribution in [0.25, 0.3) is 0 Å². The fourth-order valence-electron chi connectivity index (χ4n) is 2.69. The van der Waals surface area contributed by atoms with Crippen LogP contribution in [0.3, 0.4) is 0 Å². The van der Waals surface area contributed by atoms with E-state index in [1.807, 2.05) is 6.92 Å². The van der Waals surface area contributed by atoms with Crippen LogP contribution in [0, 0.1) is 12.7 Å². The molecule has 0 saturated carbocycles. The van der Waals surface area contributed by atoms with Crippen molar-refractivity contribution in [1.82, 2.24) is 10.0 Å². The van der Waals surface area contributed by atoms with Crippen molar-refractivity contribution in [2.75, 3.05) is 11.9 Å². The van der Waals surface area contributed by atoms with Gasteiger partial charge < -0.3 is 9.88 Å². The van der Waals surface area contributed by atoms with Crippen LogP contribution in [0.2, 0.25) is 0 Å². The van der Waals surface area contributed by atoms with Crippen LogP contribution in [-0.4, -0.2) is 17.1 Å². The molecule has 0 unspecified atom stereocenters. The smallest absolute Gasteiger partial charge is 0.278 e. The van der Waals surface area contributed by atoms with Gasteiger partial charge in [-0.05, 0) is 38.0 Å². The van der Waals surface area contributed by atoms with E-state index in [1.165, 1.54) is 16.7 Å². The van der Waals surface area contributed by atoms with E-state index in [4.69, 9.17) is 4.84 Å². The van der Waals surface area contributed by atoms with Gasteiger partial charge in [0.15, 0.2) is 0 Å². The largest absolute Gasteiger partial charge is 0.352 e. The van der Waals surface area contributed by atoms with Gasteiger partial charge in [-0.2, -0.15) is 0 Å². The lowest BCUT2D eigenvalue weighted by Gasteiger charge is -2.18. The van der Waals surface area contributed by atoms with Crippen LogP contribution in [0.5, 0.6) is 0 Å². The Balaban J connectivity index is 2.58. The third kappa shape index (κ3) is 4.29. The number of carbonyl (C=O) groups excluding carboxylic acids is 1. The number of nitrogens with zero attached hydrogens (tertiary/aromatic N) is 1. The molecule has 0 radical (unpaired) electrons. The highest BCUT2D eigenvalue weighted by atomic mass is 19.1. The van der Waals surface area contributed by atoms with Gasteiger partial charge in [0.05, 0.1) is 23.5 Å². The Morgan fingerprint density at radius 3 is 2.58 bits per heavy atom. The molecular formula is C19H24FN3O3. The molecule has 1 amide bonds. The summed E-state index contributed by atoms with van der Waals surface area (Å²) in [6, 6.07) is 6.00. The summed E-state index contributed by atoms with van der Waals surface area (Å²) in [5, 5.41) is 2.89. The lowest BCUT2D eigenvalue weighted by Crippen LogP contribution is -2.30. The minimum Gasteiger partial charge on any atom is -0.352 e. The summed E-state index contributed by atoms with van der Waals surface area (Å²) < 4.78 is 15.7. The quantitative estimate of drug-likeness (QED) is 0.743. The topological polar surface area (TPSA) is 72.4 Å². The van der Waals surface area contributed by atoms with Crippen LogP contribution in [0.15, 0.2) is 29.1 Å². The molecule has 1 aromatic carbocycles. The van der Waals surface area contributed by atoms with Crippen molar-refractivity contribution in [3.05, 3.63) is 57.3 Å². The third-order valence-corrected chi connectivity index (χ3v) is 3.98. The molecule has 0 saturated heterocycles. The summed E-state index contributed by atoms with van der Waals surface area (Å²) in [5.74, 6) is -0.945. The van der Waals surface area contributed by atoms with E-state index in [9.17, 15) is 14.0 Å². The van der Waals surface area contributed by atoms with Gasteiger partial charge in [-0.1, -0.05) is 19.4 Å². The summed E-state index contributed by atoms with van der Waals surface area (Å²) in [6.45, 7) is 5.78. The van der Waals surface area contributed by atoms with Crippen LogP contribution < -0.4 is 16.4 Å². The molecule has 0 aliphatic carbocycles. The number of halogens is 1. The minimum atomic E-state index is -0.485. The number of anilines is 2. The van der Waals surface area contributed by atoms with Gasteiger partial charge in [-0.3, -0.25) is 14.4 Å². The number of hydroxylamine groups is 1. The van der Waals surface area contributed by atoms with Crippen molar-refractivity contribution in [2.24, 2.45) is 7.05 Å². The van der Waals surface area contributed by atoms with E-state index >= 15 is 0 Å². The number of nitrogens with one attached hydrogen (secondary N) is 2. The molecule has 140 valence electrons. The molecule has 0 bridgehead atoms. The number of hydrogen-bond acceptors (Lipinski definition) is 4. The van der Waals surface area contributed by atoms with Crippen LogP contribution in [0.4, 0.5) is 15.8 Å². The minimum absolute atomic E-state index is 0.191. The molecule has 0 aliphatic rings. The molecule has 1 aromatic heterocycles. The molecule has 0 fully saturated rings. The van der Waals surface area contributed by atoms with Crippen LogP contribution >= 0.6 is 0 Å². The molecule has 2 rings (SSSR count). The number of amides is 1. The zero-order chi connectivity index (χ0) is 19.3. The van der Waals surface area contributed by atoms with E-state index < -0.39 is 11.7 Å². The Hall–Kier alpha value is -2.67. The van der Waals surface area contributed by atoms with Crippen molar-refractivity contribution in [1.29, 1.82) is 0 Å². The van der Waals surface area contributed by atoms with Crippen LogP contribution in [-0.2, 0) is 18.3 Å². The Labute approximate surface area is 151 Å². The lowest BCUT2D eigenvalue weighted by atomic mass is 10.1. The highest BCUT2D eigenvalue weighted by Gasteiger charge is 2.21. The molecule has 2 N–H and O–H groups in total. The van der Waals surface area contributed by atoms with Crippen molar-refractivity contribution in [3.63, 3.8) is 0 Å². The zero-order valence-electron chi connectivity index (χ0n) is 15.5. The number of benzene rings is 1. The Morgan fingerprint density at radius 1 is 1.23 bits per heavy atom. The first-order valence-corrected chi connectivity index (χ1v) is 8.57. The molecule has 6 nitrogen and oxygen atoms in total. The monoisotopic (exact) mass is 361 g/mol. The standard InChI is InChI=1S/C19H24FN3O3/c1-5-7-16-18(19(25)22-26-6-2)15(11-17(24)23(16)4)21-14-9-8-12(3)10-13(14)20/h8-11,21H,5-7H2,1-4H3,(H,22,25). The van der Waals surface area contributed by atoms with E-state index in [-0.39, 0.29) is 22.5 Å². The zero-order valence-corrected chi connectivity index (χ0v) is 15.5. The van der Waals surface area contributed by atoms with Gasteiger partial charge in [-0.25, -0.2) is 9.87 Å². The fourth-order valence-corrected chi connectivity index (χ4v) is 2.69. The Bertz CT molecular complexity index is 862. The first-order chi connectivity index (χ1) is 12.4. The molecule has 7 heteroatoms. The Kier molecular flexibility index (Phi) is 6.52. The molecule has 26 heavy (non-hydrogen) atoms. The normalized spacial score (nSPS) is 10.7. The van der Waals surface area contributed by atoms with Crippen molar-refractivity contribution >= 4 is 17.3 Å². The summed E-state index contributed by atoms with van der Waals surface area (Å²) >= 11 is 0. The predicted molar refractivity (Wildman–Crippen MR) is 99.2 cm³/mol. The lowest BCUT2D eigenvalue weighted by molar-refractivity contribution is 0.0363. The first-order valence-electron chi connectivity index (χ1n) is 8.57.